The number of carbonyl (C=O) groups is 2. The Balaban J connectivity index is 1.47. The fraction of sp³-hybridized carbons (Fsp3) is 0.600. The normalized spacial score (nSPS) is 14.8. The Morgan fingerprint density at radius 3 is 2.77 bits per heavy atom. The minimum atomic E-state index is -0.287. The summed E-state index contributed by atoms with van der Waals surface area (Å²) in [6, 6.07) is 3.56. The average molecular weight is 419 g/mol. The fourth-order valence-electron chi connectivity index (χ4n) is 3.44. The fourth-order valence-corrected chi connectivity index (χ4v) is 3.44. The highest BCUT2D eigenvalue weighted by molar-refractivity contribution is 5.78. The highest BCUT2D eigenvalue weighted by Gasteiger charge is 2.25. The first kappa shape index (κ1) is 21.8. The Morgan fingerprint density at radius 1 is 1.30 bits per heavy atom. The molecule has 30 heavy (non-hydrogen) atoms. The van der Waals surface area contributed by atoms with Gasteiger partial charge in [0.15, 0.2) is 5.76 Å². The van der Waals surface area contributed by atoms with Gasteiger partial charge in [0.25, 0.3) is 5.89 Å². The SMILES string of the molecule is CCCN(CC(=O)NC1CCN(C(=O)OCC)CC1)Cc1nnc(-c2ccco2)o1. The highest BCUT2D eigenvalue weighted by Crippen LogP contribution is 2.18. The number of ether oxygens (including phenoxy) is 1. The Bertz CT molecular complexity index is 798. The minimum Gasteiger partial charge on any atom is -0.459 e. The molecule has 1 fully saturated rings. The van der Waals surface area contributed by atoms with Crippen molar-refractivity contribution in [2.24, 2.45) is 0 Å². The number of nitrogens with zero attached hydrogens (tertiary/aromatic N) is 4. The number of piperidine rings is 1. The van der Waals surface area contributed by atoms with E-state index in [4.69, 9.17) is 13.6 Å². The van der Waals surface area contributed by atoms with Crippen molar-refractivity contribution in [3.8, 4) is 11.7 Å². The van der Waals surface area contributed by atoms with E-state index in [1.165, 1.54) is 0 Å². The number of rotatable bonds is 9. The van der Waals surface area contributed by atoms with Crippen LogP contribution in [0.2, 0.25) is 0 Å². The molecule has 0 unspecified atom stereocenters. The van der Waals surface area contributed by atoms with Gasteiger partial charge in [-0.1, -0.05) is 6.92 Å². The zero-order valence-electron chi connectivity index (χ0n) is 17.5. The average Bonchev–Trinajstić information content (AvgIpc) is 3.40. The van der Waals surface area contributed by atoms with Crippen LogP contribution in [0, 0.1) is 0 Å². The molecule has 10 heteroatoms. The molecular weight excluding hydrogens is 390 g/mol. The zero-order chi connectivity index (χ0) is 21.3. The maximum atomic E-state index is 12.6. The van der Waals surface area contributed by atoms with Gasteiger partial charge < -0.3 is 23.8 Å². The van der Waals surface area contributed by atoms with E-state index in [2.05, 4.69) is 22.4 Å². The van der Waals surface area contributed by atoms with E-state index in [0.29, 0.717) is 56.6 Å². The second kappa shape index (κ2) is 10.8. The van der Waals surface area contributed by atoms with Gasteiger partial charge in [0, 0.05) is 19.1 Å². The maximum Gasteiger partial charge on any atom is 0.409 e. The Kier molecular flexibility index (Phi) is 7.83. The van der Waals surface area contributed by atoms with Crippen molar-refractivity contribution < 1.29 is 23.2 Å². The van der Waals surface area contributed by atoms with E-state index < -0.39 is 0 Å². The van der Waals surface area contributed by atoms with Crippen LogP contribution in [0.25, 0.3) is 11.7 Å². The summed E-state index contributed by atoms with van der Waals surface area (Å²) < 4.78 is 15.9. The van der Waals surface area contributed by atoms with Gasteiger partial charge in [0.2, 0.25) is 11.8 Å². The lowest BCUT2D eigenvalue weighted by molar-refractivity contribution is -0.123. The first-order valence-electron chi connectivity index (χ1n) is 10.4. The first-order chi connectivity index (χ1) is 14.6. The molecule has 2 aromatic rings. The standard InChI is InChI=1S/C20H29N5O5/c1-3-9-24(14-18-22-23-19(30-18)16-6-5-12-29-16)13-17(26)21-15-7-10-25(11-8-15)20(27)28-4-2/h5-6,12,15H,3-4,7-11,13-14H2,1-2H3,(H,21,26). The summed E-state index contributed by atoms with van der Waals surface area (Å²) in [6.45, 7) is 6.73. The van der Waals surface area contributed by atoms with Crippen molar-refractivity contribution in [1.82, 2.24) is 25.3 Å². The third kappa shape index (κ3) is 6.06. The Hall–Kier alpha value is -2.88. The third-order valence-electron chi connectivity index (χ3n) is 4.85. The van der Waals surface area contributed by atoms with E-state index in [1.54, 1.807) is 30.2 Å². The van der Waals surface area contributed by atoms with Gasteiger partial charge in [0.05, 0.1) is 26.0 Å². The smallest absolute Gasteiger partial charge is 0.409 e. The monoisotopic (exact) mass is 419 g/mol. The molecule has 3 rings (SSSR count). The van der Waals surface area contributed by atoms with Crippen molar-refractivity contribution in [3.63, 3.8) is 0 Å². The number of nitrogens with one attached hydrogen (secondary N) is 1. The van der Waals surface area contributed by atoms with Gasteiger partial charge >= 0.3 is 6.09 Å². The number of hydrogen-bond acceptors (Lipinski definition) is 8. The molecule has 164 valence electrons. The lowest BCUT2D eigenvalue weighted by Gasteiger charge is -2.32. The number of carbonyl (C=O) groups excluding carboxylic acids is 2. The van der Waals surface area contributed by atoms with Gasteiger partial charge in [-0.3, -0.25) is 9.69 Å². The summed E-state index contributed by atoms with van der Waals surface area (Å²) in [5.74, 6) is 1.22. The second-order valence-electron chi connectivity index (χ2n) is 7.22. The molecule has 1 N–H and O–H groups in total. The van der Waals surface area contributed by atoms with Gasteiger partial charge in [-0.15, -0.1) is 10.2 Å². The van der Waals surface area contributed by atoms with E-state index in [1.807, 2.05) is 4.90 Å². The molecule has 10 nitrogen and oxygen atoms in total. The topological polar surface area (TPSA) is 114 Å². The molecule has 0 saturated carbocycles. The predicted octanol–water partition coefficient (Wildman–Crippen LogP) is 2.28. The van der Waals surface area contributed by atoms with E-state index >= 15 is 0 Å². The van der Waals surface area contributed by atoms with E-state index in [-0.39, 0.29) is 24.6 Å². The molecule has 0 atom stereocenters. The van der Waals surface area contributed by atoms with Crippen molar-refractivity contribution in [2.45, 2.75) is 45.7 Å². The highest BCUT2D eigenvalue weighted by atomic mass is 16.6. The van der Waals surface area contributed by atoms with Crippen molar-refractivity contribution >= 4 is 12.0 Å². The minimum absolute atomic E-state index is 0.0520. The summed E-state index contributed by atoms with van der Waals surface area (Å²) in [5.41, 5.74) is 0. The van der Waals surface area contributed by atoms with Crippen LogP contribution in [-0.2, 0) is 16.1 Å². The number of furan rings is 1. The molecular formula is C20H29N5O5. The lowest BCUT2D eigenvalue weighted by Crippen LogP contribution is -2.48. The Labute approximate surface area is 175 Å². The molecule has 3 heterocycles. The van der Waals surface area contributed by atoms with Crippen LogP contribution < -0.4 is 5.32 Å². The molecule has 0 aromatic carbocycles. The molecule has 2 aromatic heterocycles. The van der Waals surface area contributed by atoms with Gasteiger partial charge in [0.1, 0.15) is 0 Å². The van der Waals surface area contributed by atoms with Crippen LogP contribution in [0.5, 0.6) is 0 Å². The summed E-state index contributed by atoms with van der Waals surface area (Å²) in [6.07, 6.45) is 3.59. The molecule has 2 amide bonds. The van der Waals surface area contributed by atoms with Crippen LogP contribution in [0.1, 0.15) is 39.0 Å². The molecule has 0 aliphatic carbocycles. The summed E-state index contributed by atoms with van der Waals surface area (Å²) >= 11 is 0. The molecule has 0 radical (unpaired) electrons. The molecule has 1 aliphatic heterocycles. The van der Waals surface area contributed by atoms with Crippen LogP contribution in [0.4, 0.5) is 4.79 Å². The van der Waals surface area contributed by atoms with Crippen molar-refractivity contribution in [3.05, 3.63) is 24.3 Å². The van der Waals surface area contributed by atoms with Crippen LogP contribution in [0.3, 0.4) is 0 Å². The summed E-state index contributed by atoms with van der Waals surface area (Å²) in [5, 5.41) is 11.1. The summed E-state index contributed by atoms with van der Waals surface area (Å²) in [7, 11) is 0. The van der Waals surface area contributed by atoms with Crippen LogP contribution >= 0.6 is 0 Å². The number of likely N-dealkylation sites (tertiary alicyclic amines) is 1. The lowest BCUT2D eigenvalue weighted by atomic mass is 10.1. The molecule has 1 aliphatic rings. The summed E-state index contributed by atoms with van der Waals surface area (Å²) in [4.78, 5) is 28.0. The van der Waals surface area contributed by atoms with Crippen molar-refractivity contribution in [1.29, 1.82) is 0 Å². The van der Waals surface area contributed by atoms with Gasteiger partial charge in [-0.05, 0) is 44.9 Å². The largest absolute Gasteiger partial charge is 0.459 e. The van der Waals surface area contributed by atoms with Gasteiger partial charge in [-0.2, -0.15) is 0 Å². The number of hydrogen-bond donors (Lipinski definition) is 1. The molecule has 0 spiro atoms. The zero-order valence-corrected chi connectivity index (χ0v) is 17.5. The predicted molar refractivity (Wildman–Crippen MR) is 107 cm³/mol. The quantitative estimate of drug-likeness (QED) is 0.658. The number of aromatic nitrogens is 2. The van der Waals surface area contributed by atoms with Crippen molar-refractivity contribution in [2.75, 3.05) is 32.8 Å². The maximum absolute atomic E-state index is 12.6. The second-order valence-corrected chi connectivity index (χ2v) is 7.22. The molecule has 0 bridgehead atoms. The molecule has 1 saturated heterocycles. The third-order valence-corrected chi connectivity index (χ3v) is 4.85. The van der Waals surface area contributed by atoms with Gasteiger partial charge in [-0.25, -0.2) is 4.79 Å². The number of amides is 2. The van der Waals surface area contributed by atoms with Crippen LogP contribution in [-0.4, -0.2) is 70.8 Å². The van der Waals surface area contributed by atoms with Crippen LogP contribution in [0.15, 0.2) is 27.2 Å². The van der Waals surface area contributed by atoms with E-state index in [9.17, 15) is 9.59 Å². The first-order valence-corrected chi connectivity index (χ1v) is 10.4. The van der Waals surface area contributed by atoms with E-state index in [0.717, 1.165) is 13.0 Å². The Morgan fingerprint density at radius 2 is 2.10 bits per heavy atom.